The zero-order valence-corrected chi connectivity index (χ0v) is 9.85. The molecule has 0 spiro atoms. The van der Waals surface area contributed by atoms with Crippen LogP contribution in [0.2, 0.25) is 0 Å². The molecule has 92 valence electrons. The maximum atomic E-state index is 12.0. The fourth-order valence-corrected chi connectivity index (χ4v) is 1.86. The number of nitrogens with zero attached hydrogens (tertiary/aromatic N) is 3. The Labute approximate surface area is 109 Å². The molecule has 0 fully saturated rings. The van der Waals surface area contributed by atoms with Gasteiger partial charge >= 0.3 is 0 Å². The summed E-state index contributed by atoms with van der Waals surface area (Å²) < 4.78 is 0. The third-order valence-electron chi connectivity index (χ3n) is 2.78. The van der Waals surface area contributed by atoms with Gasteiger partial charge in [0.25, 0.3) is 11.8 Å². The van der Waals surface area contributed by atoms with Gasteiger partial charge < -0.3 is 0 Å². The monoisotopic (exact) mass is 251 g/mol. The molecule has 2 amide bonds. The van der Waals surface area contributed by atoms with Crippen molar-refractivity contribution >= 4 is 18.0 Å². The smallest absolute Gasteiger partial charge is 0.267 e. The summed E-state index contributed by atoms with van der Waals surface area (Å²) in [4.78, 5) is 27.9. The summed E-state index contributed by atoms with van der Waals surface area (Å²) in [6.07, 6.45) is 4.68. The first-order valence-electron chi connectivity index (χ1n) is 5.69. The number of carbonyl (C=O) groups is 2. The molecule has 19 heavy (non-hydrogen) atoms. The van der Waals surface area contributed by atoms with E-state index in [0.29, 0.717) is 11.1 Å². The first-order valence-corrected chi connectivity index (χ1v) is 5.69. The molecule has 0 N–H and O–H groups in total. The predicted molar refractivity (Wildman–Crippen MR) is 68.8 cm³/mol. The lowest BCUT2D eigenvalue weighted by atomic mass is 10.1. The van der Waals surface area contributed by atoms with Crippen molar-refractivity contribution in [2.24, 2.45) is 5.10 Å². The number of hydrogen-bond acceptors (Lipinski definition) is 4. The lowest BCUT2D eigenvalue weighted by Gasteiger charge is -2.04. The standard InChI is InChI=1S/C14H9N3O2/c18-13-11-5-1-2-6-12(11)14(19)17(13)16-9-10-4-3-7-15-8-10/h1-9H/b16-9-. The van der Waals surface area contributed by atoms with E-state index < -0.39 is 11.8 Å². The van der Waals surface area contributed by atoms with Gasteiger partial charge in [0.1, 0.15) is 0 Å². The number of fused-ring (bicyclic) bond motifs is 1. The highest BCUT2D eigenvalue weighted by Crippen LogP contribution is 2.22. The molecule has 0 aliphatic carbocycles. The Balaban J connectivity index is 1.91. The van der Waals surface area contributed by atoms with Crippen LogP contribution in [0.25, 0.3) is 0 Å². The normalized spacial score (nSPS) is 14.2. The molecule has 2 aromatic rings. The Morgan fingerprint density at radius 1 is 1.00 bits per heavy atom. The minimum absolute atomic E-state index is 0.385. The number of aromatic nitrogens is 1. The van der Waals surface area contributed by atoms with Gasteiger partial charge in [-0.05, 0) is 18.2 Å². The molecular formula is C14H9N3O2. The average Bonchev–Trinajstić information content (AvgIpc) is 2.71. The van der Waals surface area contributed by atoms with Crippen LogP contribution >= 0.6 is 0 Å². The summed E-state index contributed by atoms with van der Waals surface area (Å²) in [6.45, 7) is 0. The van der Waals surface area contributed by atoms with Crippen molar-refractivity contribution < 1.29 is 9.59 Å². The molecule has 0 radical (unpaired) electrons. The molecule has 5 nitrogen and oxygen atoms in total. The van der Waals surface area contributed by atoms with Gasteiger partial charge in [-0.3, -0.25) is 14.6 Å². The van der Waals surface area contributed by atoms with Gasteiger partial charge in [0, 0.05) is 18.0 Å². The fraction of sp³-hybridized carbons (Fsp3) is 0. The topological polar surface area (TPSA) is 62.6 Å². The minimum atomic E-state index is -0.402. The molecule has 0 atom stereocenters. The highest BCUT2D eigenvalue weighted by atomic mass is 16.2. The van der Waals surface area contributed by atoms with Crippen molar-refractivity contribution in [1.29, 1.82) is 0 Å². The number of pyridine rings is 1. The Kier molecular flexibility index (Phi) is 2.64. The molecule has 1 aliphatic heterocycles. The maximum Gasteiger partial charge on any atom is 0.282 e. The van der Waals surface area contributed by atoms with Crippen LogP contribution < -0.4 is 0 Å². The van der Waals surface area contributed by atoms with Crippen LogP contribution in [0.15, 0.2) is 53.9 Å². The summed E-state index contributed by atoms with van der Waals surface area (Å²) in [6, 6.07) is 10.2. The molecular weight excluding hydrogens is 242 g/mol. The number of hydrogen-bond donors (Lipinski definition) is 0. The molecule has 0 saturated carbocycles. The van der Waals surface area contributed by atoms with E-state index >= 15 is 0 Å². The third-order valence-corrected chi connectivity index (χ3v) is 2.78. The van der Waals surface area contributed by atoms with Gasteiger partial charge in [-0.2, -0.15) is 10.1 Å². The Hall–Kier alpha value is -2.82. The SMILES string of the molecule is O=C1c2ccccc2C(=O)N1/N=C\c1cccnc1. The van der Waals surface area contributed by atoms with Crippen LogP contribution in [-0.4, -0.2) is 28.0 Å². The summed E-state index contributed by atoms with van der Waals surface area (Å²) >= 11 is 0. The summed E-state index contributed by atoms with van der Waals surface area (Å²) in [5, 5.41) is 4.81. The number of carbonyl (C=O) groups excluding carboxylic acids is 2. The predicted octanol–water partition coefficient (Wildman–Crippen LogP) is 1.71. The molecule has 1 aromatic heterocycles. The zero-order valence-electron chi connectivity index (χ0n) is 9.85. The second kappa shape index (κ2) is 4.45. The van der Waals surface area contributed by atoms with Gasteiger partial charge in [-0.1, -0.05) is 18.2 Å². The molecule has 1 aliphatic rings. The molecule has 0 unspecified atom stereocenters. The largest absolute Gasteiger partial charge is 0.282 e. The highest BCUT2D eigenvalue weighted by Gasteiger charge is 2.35. The lowest BCUT2D eigenvalue weighted by Crippen LogP contribution is -2.23. The van der Waals surface area contributed by atoms with Gasteiger partial charge in [-0.15, -0.1) is 0 Å². The van der Waals surface area contributed by atoms with Crippen LogP contribution in [0.5, 0.6) is 0 Å². The van der Waals surface area contributed by atoms with E-state index in [4.69, 9.17) is 0 Å². The van der Waals surface area contributed by atoms with E-state index in [0.717, 1.165) is 10.6 Å². The van der Waals surface area contributed by atoms with Gasteiger partial charge in [-0.25, -0.2) is 0 Å². The van der Waals surface area contributed by atoms with E-state index in [2.05, 4.69) is 10.1 Å². The molecule has 3 rings (SSSR count). The van der Waals surface area contributed by atoms with Crippen molar-refractivity contribution in [3.05, 3.63) is 65.5 Å². The van der Waals surface area contributed by atoms with Crippen molar-refractivity contribution in [2.75, 3.05) is 0 Å². The molecule has 1 aromatic carbocycles. The number of hydrazone groups is 1. The number of amides is 2. The second-order valence-corrected chi connectivity index (χ2v) is 4.00. The zero-order chi connectivity index (χ0) is 13.2. The first-order chi connectivity index (χ1) is 9.27. The van der Waals surface area contributed by atoms with Gasteiger partial charge in [0.15, 0.2) is 0 Å². The first kappa shape index (κ1) is 11.3. The average molecular weight is 251 g/mol. The van der Waals surface area contributed by atoms with Crippen LogP contribution in [-0.2, 0) is 0 Å². The van der Waals surface area contributed by atoms with E-state index in [1.54, 1.807) is 48.8 Å². The molecule has 5 heteroatoms. The van der Waals surface area contributed by atoms with Crippen LogP contribution in [0, 0.1) is 0 Å². The summed E-state index contributed by atoms with van der Waals surface area (Å²) in [5.74, 6) is -0.804. The van der Waals surface area contributed by atoms with Crippen LogP contribution in [0.4, 0.5) is 0 Å². The van der Waals surface area contributed by atoms with Crippen molar-refractivity contribution in [1.82, 2.24) is 9.99 Å². The van der Waals surface area contributed by atoms with Crippen LogP contribution in [0.3, 0.4) is 0 Å². The molecule has 2 heterocycles. The summed E-state index contributed by atoms with van der Waals surface area (Å²) in [5.41, 5.74) is 1.49. The van der Waals surface area contributed by atoms with Gasteiger partial charge in [0.2, 0.25) is 0 Å². The lowest BCUT2D eigenvalue weighted by molar-refractivity contribution is 0.0660. The van der Waals surface area contributed by atoms with Crippen LogP contribution in [0.1, 0.15) is 26.3 Å². The second-order valence-electron chi connectivity index (χ2n) is 4.00. The Morgan fingerprint density at radius 2 is 1.68 bits per heavy atom. The highest BCUT2D eigenvalue weighted by molar-refractivity contribution is 6.21. The van der Waals surface area contributed by atoms with E-state index in [1.807, 2.05) is 0 Å². The van der Waals surface area contributed by atoms with Crippen molar-refractivity contribution in [2.45, 2.75) is 0 Å². The quantitative estimate of drug-likeness (QED) is 0.603. The molecule has 0 saturated heterocycles. The van der Waals surface area contributed by atoms with E-state index in [9.17, 15) is 9.59 Å². The summed E-state index contributed by atoms with van der Waals surface area (Å²) in [7, 11) is 0. The maximum absolute atomic E-state index is 12.0. The Morgan fingerprint density at radius 3 is 2.26 bits per heavy atom. The third kappa shape index (κ3) is 1.91. The number of imide groups is 1. The van der Waals surface area contributed by atoms with Crippen molar-refractivity contribution in [3.63, 3.8) is 0 Å². The fourth-order valence-electron chi connectivity index (χ4n) is 1.86. The minimum Gasteiger partial charge on any atom is -0.267 e. The number of rotatable bonds is 2. The molecule has 0 bridgehead atoms. The van der Waals surface area contributed by atoms with E-state index in [1.165, 1.54) is 6.21 Å². The van der Waals surface area contributed by atoms with E-state index in [-0.39, 0.29) is 0 Å². The Bertz CT molecular complexity index is 645. The number of benzene rings is 1. The van der Waals surface area contributed by atoms with Gasteiger partial charge in [0.05, 0.1) is 17.3 Å². The van der Waals surface area contributed by atoms with Crippen molar-refractivity contribution in [3.8, 4) is 0 Å².